The van der Waals surface area contributed by atoms with Crippen LogP contribution < -0.4 is 10.1 Å². The van der Waals surface area contributed by atoms with Crippen molar-refractivity contribution in [3.63, 3.8) is 0 Å². The summed E-state index contributed by atoms with van der Waals surface area (Å²) in [4.78, 5) is 14.0. The van der Waals surface area contributed by atoms with Crippen LogP contribution in [0.25, 0.3) is 22.6 Å². The smallest absolute Gasteiger partial charge is 0.224 e. The lowest BCUT2D eigenvalue weighted by Crippen LogP contribution is -2.10. The van der Waals surface area contributed by atoms with Crippen LogP contribution in [0.5, 0.6) is 5.75 Å². The van der Waals surface area contributed by atoms with E-state index < -0.39 is 0 Å². The third-order valence-electron chi connectivity index (χ3n) is 5.34. The molecule has 0 aliphatic heterocycles. The number of methoxy groups -OCH3 is 2. The molecule has 0 aliphatic rings. The Morgan fingerprint density at radius 1 is 1.09 bits per heavy atom. The molecule has 2 aromatic heterocycles. The molecule has 0 saturated carbocycles. The quantitative estimate of drug-likeness (QED) is 0.370. The first-order valence-corrected chi connectivity index (χ1v) is 10.8. The van der Waals surface area contributed by atoms with Gasteiger partial charge >= 0.3 is 0 Å². The summed E-state index contributed by atoms with van der Waals surface area (Å²) in [6.07, 6.45) is 3.33. The first kappa shape index (κ1) is 22.2. The third-order valence-corrected chi connectivity index (χ3v) is 5.34. The average Bonchev–Trinajstić information content (AvgIpc) is 3.22. The third kappa shape index (κ3) is 5.10. The average molecular weight is 443 g/mol. The lowest BCUT2D eigenvalue weighted by molar-refractivity contribution is 0.191. The van der Waals surface area contributed by atoms with Gasteiger partial charge in [0.25, 0.3) is 0 Å². The highest BCUT2D eigenvalue weighted by molar-refractivity contribution is 5.77. The van der Waals surface area contributed by atoms with E-state index in [-0.39, 0.29) is 0 Å². The molecule has 2 aromatic carbocycles. The fourth-order valence-electron chi connectivity index (χ4n) is 3.75. The molecule has 2 heterocycles. The molecule has 4 aromatic rings. The van der Waals surface area contributed by atoms with Crippen molar-refractivity contribution < 1.29 is 9.47 Å². The molecule has 0 aliphatic carbocycles. The summed E-state index contributed by atoms with van der Waals surface area (Å²) in [6.45, 7) is 1.99. The second-order valence-electron chi connectivity index (χ2n) is 7.52. The van der Waals surface area contributed by atoms with Crippen LogP contribution in [0.2, 0.25) is 0 Å². The number of aryl methyl sites for hydroxylation is 1. The number of fused-ring (bicyclic) bond motifs is 1. The zero-order valence-electron chi connectivity index (χ0n) is 18.8. The predicted molar refractivity (Wildman–Crippen MR) is 127 cm³/mol. The van der Waals surface area contributed by atoms with E-state index in [0.29, 0.717) is 36.7 Å². The Balaban J connectivity index is 1.61. The summed E-state index contributed by atoms with van der Waals surface area (Å²) in [6, 6.07) is 17.6. The minimum absolute atomic E-state index is 0.544. The van der Waals surface area contributed by atoms with Gasteiger partial charge in [0, 0.05) is 32.4 Å². The molecule has 0 spiro atoms. The van der Waals surface area contributed by atoms with Gasteiger partial charge in [-0.15, -0.1) is 0 Å². The number of aromatic nitrogens is 4. The van der Waals surface area contributed by atoms with E-state index >= 15 is 0 Å². The van der Waals surface area contributed by atoms with Crippen molar-refractivity contribution in [1.82, 2.24) is 19.5 Å². The summed E-state index contributed by atoms with van der Waals surface area (Å²) in [5.41, 5.74) is 4.04. The van der Waals surface area contributed by atoms with Crippen LogP contribution in [0.3, 0.4) is 0 Å². The maximum atomic E-state index is 9.29. The number of imidazole rings is 1. The number of hydrogen-bond donors (Lipinski definition) is 1. The molecule has 0 amide bonds. The van der Waals surface area contributed by atoms with E-state index in [0.717, 1.165) is 41.2 Å². The van der Waals surface area contributed by atoms with Gasteiger partial charge in [-0.25, -0.2) is 9.97 Å². The molecule has 33 heavy (non-hydrogen) atoms. The summed E-state index contributed by atoms with van der Waals surface area (Å²) >= 11 is 0. The molecule has 1 N–H and O–H groups in total. The molecular formula is C25H26N6O2. The van der Waals surface area contributed by atoms with E-state index in [4.69, 9.17) is 19.4 Å². The van der Waals surface area contributed by atoms with Crippen LogP contribution in [0.15, 0.2) is 54.7 Å². The molecule has 0 atom stereocenters. The van der Waals surface area contributed by atoms with Crippen LogP contribution in [-0.2, 0) is 17.7 Å². The lowest BCUT2D eigenvalue weighted by Gasteiger charge is -2.10. The first-order chi connectivity index (χ1) is 16.2. The minimum Gasteiger partial charge on any atom is -0.496 e. The minimum atomic E-state index is 0.544. The molecule has 8 heteroatoms. The SMILES string of the molecule is COCCCn1c(-c2cccc(C#N)c2)nc2cnc(NCCc3ccccc3OC)nc21. The molecule has 4 rings (SSSR count). The highest BCUT2D eigenvalue weighted by Crippen LogP contribution is 2.25. The van der Waals surface area contributed by atoms with Crippen molar-refractivity contribution in [1.29, 1.82) is 5.26 Å². The number of benzene rings is 2. The van der Waals surface area contributed by atoms with Gasteiger partial charge < -0.3 is 19.4 Å². The fourth-order valence-corrected chi connectivity index (χ4v) is 3.75. The summed E-state index contributed by atoms with van der Waals surface area (Å²) in [7, 11) is 3.37. The number of nitriles is 1. The van der Waals surface area contributed by atoms with Crippen LogP contribution in [0.1, 0.15) is 17.5 Å². The molecule has 8 nitrogen and oxygen atoms in total. The highest BCUT2D eigenvalue weighted by atomic mass is 16.5. The van der Waals surface area contributed by atoms with Crippen molar-refractivity contribution in [2.24, 2.45) is 0 Å². The largest absolute Gasteiger partial charge is 0.496 e. The zero-order valence-corrected chi connectivity index (χ0v) is 18.8. The number of hydrogen-bond acceptors (Lipinski definition) is 7. The van der Waals surface area contributed by atoms with Crippen molar-refractivity contribution in [3.05, 3.63) is 65.9 Å². The van der Waals surface area contributed by atoms with Gasteiger partial charge in [0.1, 0.15) is 17.1 Å². The number of rotatable bonds is 10. The van der Waals surface area contributed by atoms with Crippen molar-refractivity contribution in [2.75, 3.05) is 32.7 Å². The monoisotopic (exact) mass is 442 g/mol. The van der Waals surface area contributed by atoms with Crippen molar-refractivity contribution >= 4 is 17.1 Å². The van der Waals surface area contributed by atoms with Crippen LogP contribution in [-0.4, -0.2) is 46.9 Å². The van der Waals surface area contributed by atoms with Crippen LogP contribution >= 0.6 is 0 Å². The van der Waals surface area contributed by atoms with Gasteiger partial charge in [-0.3, -0.25) is 0 Å². The predicted octanol–water partition coefficient (Wildman–Crippen LogP) is 4.06. The summed E-state index contributed by atoms with van der Waals surface area (Å²) < 4.78 is 12.7. The number of ether oxygens (including phenoxy) is 2. The van der Waals surface area contributed by atoms with Crippen LogP contribution in [0.4, 0.5) is 5.95 Å². The van der Waals surface area contributed by atoms with E-state index in [9.17, 15) is 5.26 Å². The Kier molecular flexibility index (Phi) is 7.12. The van der Waals surface area contributed by atoms with E-state index in [2.05, 4.69) is 27.0 Å². The number of nitrogens with one attached hydrogen (secondary N) is 1. The topological polar surface area (TPSA) is 97.9 Å². The fraction of sp³-hybridized carbons (Fsp3) is 0.280. The van der Waals surface area contributed by atoms with E-state index in [1.165, 1.54) is 0 Å². The van der Waals surface area contributed by atoms with Gasteiger partial charge in [0.2, 0.25) is 5.95 Å². The Morgan fingerprint density at radius 2 is 1.97 bits per heavy atom. The highest BCUT2D eigenvalue weighted by Gasteiger charge is 2.15. The molecule has 0 bridgehead atoms. The maximum absolute atomic E-state index is 9.29. The van der Waals surface area contributed by atoms with Gasteiger partial charge in [-0.2, -0.15) is 10.2 Å². The summed E-state index contributed by atoms with van der Waals surface area (Å²) in [5.74, 6) is 2.18. The molecule has 168 valence electrons. The first-order valence-electron chi connectivity index (χ1n) is 10.8. The molecular weight excluding hydrogens is 416 g/mol. The Labute approximate surface area is 192 Å². The maximum Gasteiger partial charge on any atom is 0.224 e. The molecule has 0 radical (unpaired) electrons. The number of nitrogens with zero attached hydrogens (tertiary/aromatic N) is 5. The second kappa shape index (κ2) is 10.6. The molecule has 0 unspecified atom stereocenters. The molecule has 0 saturated heterocycles. The Bertz CT molecular complexity index is 1280. The standard InChI is InChI=1S/C25H26N6O2/c1-32-14-6-13-31-23(20-9-5-7-18(15-20)16-26)29-21-17-28-25(30-24(21)31)27-12-11-19-8-3-4-10-22(19)33-2/h3-5,7-10,15,17H,6,11-14H2,1-2H3,(H,27,28,30). The van der Waals surface area contributed by atoms with Gasteiger partial charge in [0.15, 0.2) is 5.65 Å². The van der Waals surface area contributed by atoms with E-state index in [1.807, 2.05) is 36.4 Å². The van der Waals surface area contributed by atoms with Crippen molar-refractivity contribution in [2.45, 2.75) is 19.4 Å². The van der Waals surface area contributed by atoms with Crippen molar-refractivity contribution in [3.8, 4) is 23.2 Å². The van der Waals surface area contributed by atoms with Gasteiger partial charge in [0.05, 0.1) is 24.9 Å². The number of para-hydroxylation sites is 1. The lowest BCUT2D eigenvalue weighted by atomic mass is 10.1. The van der Waals surface area contributed by atoms with Crippen LogP contribution in [0, 0.1) is 11.3 Å². The second-order valence-corrected chi connectivity index (χ2v) is 7.52. The van der Waals surface area contributed by atoms with Gasteiger partial charge in [-0.05, 0) is 36.6 Å². The zero-order chi connectivity index (χ0) is 23.0. The Morgan fingerprint density at radius 3 is 2.79 bits per heavy atom. The summed E-state index contributed by atoms with van der Waals surface area (Å²) in [5, 5.41) is 12.6. The Hall–Kier alpha value is -3.96. The normalized spacial score (nSPS) is 10.8. The number of anilines is 1. The van der Waals surface area contributed by atoms with E-state index in [1.54, 1.807) is 26.5 Å². The molecule has 0 fully saturated rings. The van der Waals surface area contributed by atoms with Gasteiger partial charge in [-0.1, -0.05) is 30.3 Å².